The molecule has 2 atom stereocenters. The van der Waals surface area contributed by atoms with Crippen LogP contribution in [0.5, 0.6) is 0 Å². The van der Waals surface area contributed by atoms with E-state index in [1.165, 1.54) is 18.4 Å². The second-order valence-corrected chi connectivity index (χ2v) is 4.66. The van der Waals surface area contributed by atoms with Gasteiger partial charge in [0.2, 0.25) is 0 Å². The van der Waals surface area contributed by atoms with Crippen LogP contribution in [-0.2, 0) is 5.41 Å². The van der Waals surface area contributed by atoms with E-state index in [1.807, 2.05) is 6.07 Å². The van der Waals surface area contributed by atoms with E-state index in [9.17, 15) is 5.11 Å². The maximum absolute atomic E-state index is 9.88. The molecule has 74 valence electrons. The lowest BCUT2D eigenvalue weighted by Gasteiger charge is -2.33. The smallest absolute Gasteiger partial charge is 0.0741 e. The SMILES string of the molecule is N[C@H]1c2ccccc2C2(CC2)C[C@@H]1O. The fourth-order valence-corrected chi connectivity index (χ4v) is 2.74. The van der Waals surface area contributed by atoms with E-state index < -0.39 is 0 Å². The van der Waals surface area contributed by atoms with Gasteiger partial charge in [-0.3, -0.25) is 0 Å². The highest BCUT2D eigenvalue weighted by Gasteiger charge is 2.50. The Morgan fingerprint density at radius 2 is 2.00 bits per heavy atom. The molecule has 0 radical (unpaired) electrons. The zero-order chi connectivity index (χ0) is 9.76. The third kappa shape index (κ3) is 0.983. The van der Waals surface area contributed by atoms with Crippen LogP contribution in [0.15, 0.2) is 24.3 Å². The first-order valence-corrected chi connectivity index (χ1v) is 5.26. The van der Waals surface area contributed by atoms with Gasteiger partial charge in [-0.05, 0) is 35.8 Å². The molecular weight excluding hydrogens is 174 g/mol. The van der Waals surface area contributed by atoms with Gasteiger partial charge in [0, 0.05) is 0 Å². The summed E-state index contributed by atoms with van der Waals surface area (Å²) in [6.07, 6.45) is 2.93. The number of nitrogens with two attached hydrogens (primary N) is 1. The van der Waals surface area contributed by atoms with Gasteiger partial charge in [0.25, 0.3) is 0 Å². The minimum Gasteiger partial charge on any atom is -0.391 e. The van der Waals surface area contributed by atoms with Crippen LogP contribution in [0.3, 0.4) is 0 Å². The number of rotatable bonds is 0. The van der Waals surface area contributed by atoms with Crippen LogP contribution in [0.1, 0.15) is 36.4 Å². The van der Waals surface area contributed by atoms with E-state index in [2.05, 4.69) is 18.2 Å². The number of benzene rings is 1. The first-order chi connectivity index (χ1) is 6.73. The van der Waals surface area contributed by atoms with Crippen LogP contribution in [0.4, 0.5) is 0 Å². The Morgan fingerprint density at radius 3 is 2.71 bits per heavy atom. The molecule has 1 fully saturated rings. The van der Waals surface area contributed by atoms with Crippen LogP contribution in [0.25, 0.3) is 0 Å². The molecule has 0 saturated heterocycles. The molecule has 2 aliphatic carbocycles. The summed E-state index contributed by atoms with van der Waals surface area (Å²) in [6.45, 7) is 0. The van der Waals surface area contributed by atoms with Crippen molar-refractivity contribution in [2.75, 3.05) is 0 Å². The highest BCUT2D eigenvalue weighted by Crippen LogP contribution is 2.56. The highest BCUT2D eigenvalue weighted by atomic mass is 16.3. The molecule has 2 aliphatic rings. The van der Waals surface area contributed by atoms with Crippen molar-refractivity contribution in [3.63, 3.8) is 0 Å². The zero-order valence-corrected chi connectivity index (χ0v) is 8.11. The molecule has 0 aliphatic heterocycles. The van der Waals surface area contributed by atoms with E-state index in [1.54, 1.807) is 0 Å². The first kappa shape index (κ1) is 8.45. The fraction of sp³-hybridized carbons (Fsp3) is 0.500. The Bertz CT molecular complexity index is 370. The fourth-order valence-electron chi connectivity index (χ4n) is 2.74. The summed E-state index contributed by atoms with van der Waals surface area (Å²) in [6, 6.07) is 8.13. The Balaban J connectivity index is 2.16. The summed E-state index contributed by atoms with van der Waals surface area (Å²) in [5, 5.41) is 9.88. The number of aliphatic hydroxyl groups excluding tert-OH is 1. The average molecular weight is 189 g/mol. The van der Waals surface area contributed by atoms with Crippen molar-refractivity contribution >= 4 is 0 Å². The van der Waals surface area contributed by atoms with Gasteiger partial charge in [-0.25, -0.2) is 0 Å². The van der Waals surface area contributed by atoms with Crippen molar-refractivity contribution in [1.29, 1.82) is 0 Å². The summed E-state index contributed by atoms with van der Waals surface area (Å²) in [5.41, 5.74) is 8.82. The van der Waals surface area contributed by atoms with Crippen molar-refractivity contribution in [3.8, 4) is 0 Å². The molecule has 1 aromatic carbocycles. The molecule has 2 nitrogen and oxygen atoms in total. The lowest BCUT2D eigenvalue weighted by atomic mass is 9.76. The first-order valence-electron chi connectivity index (χ1n) is 5.26. The molecule has 3 N–H and O–H groups in total. The molecule has 0 amide bonds. The van der Waals surface area contributed by atoms with Gasteiger partial charge in [-0.1, -0.05) is 24.3 Å². The third-order valence-electron chi connectivity index (χ3n) is 3.76. The minimum atomic E-state index is -0.354. The van der Waals surface area contributed by atoms with Crippen LogP contribution in [-0.4, -0.2) is 11.2 Å². The third-order valence-corrected chi connectivity index (χ3v) is 3.76. The second-order valence-electron chi connectivity index (χ2n) is 4.66. The van der Waals surface area contributed by atoms with Gasteiger partial charge in [-0.2, -0.15) is 0 Å². The normalized spacial score (nSPS) is 32.7. The molecule has 0 bridgehead atoms. The lowest BCUT2D eigenvalue weighted by molar-refractivity contribution is 0.112. The van der Waals surface area contributed by atoms with E-state index in [0.717, 1.165) is 12.0 Å². The van der Waals surface area contributed by atoms with Gasteiger partial charge in [0.15, 0.2) is 0 Å². The van der Waals surface area contributed by atoms with Crippen LogP contribution in [0, 0.1) is 0 Å². The molecular formula is C12H15NO. The van der Waals surface area contributed by atoms with E-state index in [4.69, 9.17) is 5.73 Å². The summed E-state index contributed by atoms with van der Waals surface area (Å²) >= 11 is 0. The van der Waals surface area contributed by atoms with Gasteiger partial charge >= 0.3 is 0 Å². The molecule has 2 heteroatoms. The summed E-state index contributed by atoms with van der Waals surface area (Å²) in [5.74, 6) is 0. The van der Waals surface area contributed by atoms with Crippen molar-refractivity contribution < 1.29 is 5.11 Å². The van der Waals surface area contributed by atoms with Crippen LogP contribution in [0.2, 0.25) is 0 Å². The minimum absolute atomic E-state index is 0.183. The number of fused-ring (bicyclic) bond motifs is 2. The highest BCUT2D eigenvalue weighted by molar-refractivity contribution is 5.43. The predicted octanol–water partition coefficient (Wildman–Crippen LogP) is 1.48. The van der Waals surface area contributed by atoms with Gasteiger partial charge in [-0.15, -0.1) is 0 Å². The van der Waals surface area contributed by atoms with E-state index in [-0.39, 0.29) is 17.6 Å². The van der Waals surface area contributed by atoms with Crippen LogP contribution >= 0.6 is 0 Å². The Morgan fingerprint density at radius 1 is 1.29 bits per heavy atom. The number of aliphatic hydroxyl groups is 1. The van der Waals surface area contributed by atoms with Crippen molar-refractivity contribution in [1.82, 2.24) is 0 Å². The van der Waals surface area contributed by atoms with Gasteiger partial charge in [0.1, 0.15) is 0 Å². The molecule has 0 unspecified atom stereocenters. The summed E-state index contributed by atoms with van der Waals surface area (Å²) < 4.78 is 0. The molecule has 14 heavy (non-hydrogen) atoms. The Kier molecular flexibility index (Phi) is 1.56. The van der Waals surface area contributed by atoms with Crippen LogP contribution < -0.4 is 5.73 Å². The monoisotopic (exact) mass is 189 g/mol. The van der Waals surface area contributed by atoms with E-state index in [0.29, 0.717) is 0 Å². The quantitative estimate of drug-likeness (QED) is 0.649. The zero-order valence-electron chi connectivity index (χ0n) is 8.11. The maximum atomic E-state index is 9.88. The second kappa shape index (κ2) is 2.59. The maximum Gasteiger partial charge on any atom is 0.0741 e. The number of hydrogen-bond acceptors (Lipinski definition) is 2. The molecule has 1 spiro atoms. The molecule has 3 rings (SSSR count). The standard InChI is InChI=1S/C12H15NO/c13-11-8-3-1-2-4-9(8)12(5-6-12)7-10(11)14/h1-4,10-11,14H,5-7,13H2/t10-,11-/m0/s1. The van der Waals surface area contributed by atoms with Gasteiger partial charge < -0.3 is 10.8 Å². The Labute approximate surface area is 83.7 Å². The lowest BCUT2D eigenvalue weighted by Crippen LogP contribution is -2.36. The predicted molar refractivity (Wildman–Crippen MR) is 54.9 cm³/mol. The summed E-state index contributed by atoms with van der Waals surface area (Å²) in [7, 11) is 0. The molecule has 1 saturated carbocycles. The van der Waals surface area contributed by atoms with Crippen molar-refractivity contribution in [3.05, 3.63) is 35.4 Å². The largest absolute Gasteiger partial charge is 0.391 e. The number of hydrogen-bond donors (Lipinski definition) is 2. The van der Waals surface area contributed by atoms with Crippen molar-refractivity contribution in [2.24, 2.45) is 5.73 Å². The topological polar surface area (TPSA) is 46.2 Å². The molecule has 1 aromatic rings. The Hall–Kier alpha value is -0.860. The molecule has 0 heterocycles. The van der Waals surface area contributed by atoms with Gasteiger partial charge in [0.05, 0.1) is 12.1 Å². The average Bonchev–Trinajstić information content (AvgIpc) is 2.96. The molecule has 0 aromatic heterocycles. The summed E-state index contributed by atoms with van der Waals surface area (Å²) in [4.78, 5) is 0. The van der Waals surface area contributed by atoms with Crippen molar-refractivity contribution in [2.45, 2.75) is 36.8 Å². The van der Waals surface area contributed by atoms with E-state index >= 15 is 0 Å².